The molecule has 0 spiro atoms. The Kier molecular flexibility index (Phi) is 3.77. The standard InChI is InChI=1S/C17H17NO4Si/c1-23(8-2-3-17(21)22)15-9-11(19)4-6-13(15)18-14-7-5-12(20)10-16(14)23/h4-7,9-10,19H,2-3,8H2,1H3,(H,21,22). The van der Waals surface area contributed by atoms with Crippen molar-refractivity contribution in [2.45, 2.75) is 25.4 Å². The number of ketones is 1. The fourth-order valence-electron chi connectivity index (χ4n) is 3.26. The number of allylic oxidation sites excluding steroid dienone is 4. The van der Waals surface area contributed by atoms with E-state index in [1.165, 1.54) is 6.08 Å². The molecule has 0 saturated carbocycles. The molecule has 2 N–H and O–H groups in total. The van der Waals surface area contributed by atoms with Gasteiger partial charge in [0, 0.05) is 6.42 Å². The van der Waals surface area contributed by atoms with Crippen molar-refractivity contribution in [1.29, 1.82) is 0 Å². The molecular weight excluding hydrogens is 310 g/mol. The van der Waals surface area contributed by atoms with E-state index in [1.807, 2.05) is 0 Å². The molecule has 1 unspecified atom stereocenters. The Balaban J connectivity index is 2.10. The Morgan fingerprint density at radius 1 is 1.30 bits per heavy atom. The first-order chi connectivity index (χ1) is 10.9. The van der Waals surface area contributed by atoms with Crippen LogP contribution in [-0.2, 0) is 9.59 Å². The van der Waals surface area contributed by atoms with Crippen LogP contribution in [0.4, 0.5) is 5.69 Å². The van der Waals surface area contributed by atoms with Gasteiger partial charge in [0.1, 0.15) is 13.8 Å². The molecule has 6 heteroatoms. The Bertz CT molecular complexity index is 794. The largest absolute Gasteiger partial charge is 0.508 e. The van der Waals surface area contributed by atoms with Crippen molar-refractivity contribution in [1.82, 2.24) is 0 Å². The number of carboxylic acid groups (broad SMARTS) is 1. The zero-order valence-electron chi connectivity index (χ0n) is 12.7. The van der Waals surface area contributed by atoms with Gasteiger partial charge in [-0.15, -0.1) is 0 Å². The summed E-state index contributed by atoms with van der Waals surface area (Å²) in [6, 6.07) is 5.79. The van der Waals surface area contributed by atoms with Gasteiger partial charge < -0.3 is 10.2 Å². The summed E-state index contributed by atoms with van der Waals surface area (Å²) in [5.74, 6) is -0.728. The van der Waals surface area contributed by atoms with Crippen LogP contribution in [0.2, 0.25) is 12.6 Å². The summed E-state index contributed by atoms with van der Waals surface area (Å²) in [6.45, 7) is 2.11. The third kappa shape index (κ3) is 2.77. The topological polar surface area (TPSA) is 87.0 Å². The van der Waals surface area contributed by atoms with Crippen LogP contribution in [-0.4, -0.2) is 35.8 Å². The minimum absolute atomic E-state index is 0.0699. The highest BCUT2D eigenvalue weighted by molar-refractivity contribution is 7.02. The number of carbonyl (C=O) groups excluding carboxylic acids is 1. The first-order valence-corrected chi connectivity index (χ1v) is 10.2. The summed E-state index contributed by atoms with van der Waals surface area (Å²) in [6.07, 6.45) is 5.49. The number of nitrogens with zero attached hydrogens (tertiary/aromatic N) is 1. The van der Waals surface area contributed by atoms with Crippen molar-refractivity contribution in [2.24, 2.45) is 4.99 Å². The van der Waals surface area contributed by atoms with Crippen LogP contribution >= 0.6 is 0 Å². The maximum absolute atomic E-state index is 11.8. The van der Waals surface area contributed by atoms with Gasteiger partial charge in [0.05, 0.1) is 11.4 Å². The van der Waals surface area contributed by atoms with Gasteiger partial charge in [0.15, 0.2) is 5.78 Å². The number of carbonyl (C=O) groups is 2. The number of aliphatic imine (C=N–C) groups is 1. The number of rotatable bonds is 4. The number of phenols is 1. The lowest BCUT2D eigenvalue weighted by molar-refractivity contribution is -0.137. The van der Waals surface area contributed by atoms with Crippen LogP contribution in [0, 0.1) is 0 Å². The van der Waals surface area contributed by atoms with Crippen molar-refractivity contribution in [3.05, 3.63) is 41.6 Å². The molecule has 5 nitrogen and oxygen atoms in total. The molecule has 2 aliphatic rings. The minimum Gasteiger partial charge on any atom is -0.508 e. The van der Waals surface area contributed by atoms with Crippen LogP contribution in [0.25, 0.3) is 0 Å². The van der Waals surface area contributed by atoms with Crippen LogP contribution in [0.15, 0.2) is 46.6 Å². The Morgan fingerprint density at radius 2 is 2.09 bits per heavy atom. The van der Waals surface area contributed by atoms with Gasteiger partial charge in [-0.2, -0.15) is 0 Å². The fourth-order valence-corrected chi connectivity index (χ4v) is 7.30. The van der Waals surface area contributed by atoms with Crippen molar-refractivity contribution in [2.75, 3.05) is 0 Å². The zero-order valence-corrected chi connectivity index (χ0v) is 13.7. The molecule has 23 heavy (non-hydrogen) atoms. The third-order valence-corrected chi connectivity index (χ3v) is 8.98. The molecule has 1 aromatic carbocycles. The van der Waals surface area contributed by atoms with Crippen LogP contribution in [0.5, 0.6) is 5.75 Å². The predicted octanol–water partition coefficient (Wildman–Crippen LogP) is 2.23. The molecule has 1 atom stereocenters. The summed E-state index contributed by atoms with van der Waals surface area (Å²) in [7, 11) is -2.32. The molecule has 1 aromatic rings. The van der Waals surface area contributed by atoms with E-state index in [1.54, 1.807) is 30.4 Å². The summed E-state index contributed by atoms with van der Waals surface area (Å²) in [4.78, 5) is 27.3. The first-order valence-electron chi connectivity index (χ1n) is 7.49. The number of hydrogen-bond donors (Lipinski definition) is 2. The number of hydrogen-bond acceptors (Lipinski definition) is 4. The molecule has 0 saturated heterocycles. The highest BCUT2D eigenvalue weighted by atomic mass is 28.3. The number of phenolic OH excluding ortho intramolecular Hbond substituents is 1. The second-order valence-electron chi connectivity index (χ2n) is 6.07. The van der Waals surface area contributed by atoms with Crippen LogP contribution in [0.3, 0.4) is 0 Å². The molecule has 0 fully saturated rings. The van der Waals surface area contributed by atoms with E-state index in [9.17, 15) is 14.7 Å². The van der Waals surface area contributed by atoms with E-state index in [2.05, 4.69) is 11.5 Å². The van der Waals surface area contributed by atoms with E-state index in [-0.39, 0.29) is 18.0 Å². The van der Waals surface area contributed by atoms with Crippen molar-refractivity contribution in [3.63, 3.8) is 0 Å². The average Bonchev–Trinajstić information content (AvgIpc) is 2.49. The third-order valence-electron chi connectivity index (χ3n) is 4.45. The van der Waals surface area contributed by atoms with Gasteiger partial charge >= 0.3 is 5.97 Å². The number of benzene rings is 1. The van der Waals surface area contributed by atoms with Crippen molar-refractivity contribution in [3.8, 4) is 5.75 Å². The Labute approximate surface area is 134 Å². The molecule has 3 rings (SSSR count). The van der Waals surface area contributed by atoms with E-state index < -0.39 is 14.0 Å². The molecule has 0 radical (unpaired) electrons. The van der Waals surface area contributed by atoms with E-state index >= 15 is 0 Å². The number of aliphatic carboxylic acids is 1. The Hall–Kier alpha value is -2.47. The zero-order chi connectivity index (χ0) is 16.6. The molecule has 0 bridgehead atoms. The quantitative estimate of drug-likeness (QED) is 0.656. The predicted molar refractivity (Wildman–Crippen MR) is 90.4 cm³/mol. The van der Waals surface area contributed by atoms with Crippen LogP contribution in [0.1, 0.15) is 12.8 Å². The van der Waals surface area contributed by atoms with Gasteiger partial charge in [-0.05, 0) is 59.3 Å². The molecule has 118 valence electrons. The fraction of sp³-hybridized carbons (Fsp3) is 0.235. The highest BCUT2D eigenvalue weighted by Gasteiger charge is 2.41. The minimum atomic E-state index is -2.32. The highest BCUT2D eigenvalue weighted by Crippen LogP contribution is 2.35. The lowest BCUT2D eigenvalue weighted by atomic mass is 10.1. The van der Waals surface area contributed by atoms with E-state index in [0.717, 1.165) is 21.8 Å². The van der Waals surface area contributed by atoms with Crippen molar-refractivity contribution < 1.29 is 19.8 Å². The molecule has 0 amide bonds. The van der Waals surface area contributed by atoms with Gasteiger partial charge in [0.25, 0.3) is 0 Å². The molecule has 0 aromatic heterocycles. The van der Waals surface area contributed by atoms with Gasteiger partial charge in [-0.25, -0.2) is 4.99 Å². The van der Waals surface area contributed by atoms with Crippen LogP contribution < -0.4 is 5.19 Å². The molecule has 1 aliphatic carbocycles. The van der Waals surface area contributed by atoms with Gasteiger partial charge in [-0.1, -0.05) is 6.55 Å². The summed E-state index contributed by atoms with van der Waals surface area (Å²) in [5.41, 5.74) is 1.59. The first kappa shape index (κ1) is 15.4. The van der Waals surface area contributed by atoms with Crippen molar-refractivity contribution >= 4 is 36.4 Å². The second-order valence-corrected chi connectivity index (χ2v) is 10.3. The monoisotopic (exact) mass is 327 g/mol. The maximum Gasteiger partial charge on any atom is 0.303 e. The SMILES string of the molecule is C[Si]1(CCCC(=O)O)C2=CC(=O)C=CC2=Nc2ccc(O)cc21. The molecule has 1 heterocycles. The maximum atomic E-state index is 11.8. The molecule has 1 aliphatic heterocycles. The normalized spacial score (nSPS) is 22.0. The van der Waals surface area contributed by atoms with E-state index in [4.69, 9.17) is 5.11 Å². The number of carboxylic acids is 1. The summed E-state index contributed by atoms with van der Waals surface area (Å²) >= 11 is 0. The van der Waals surface area contributed by atoms with E-state index in [0.29, 0.717) is 12.5 Å². The lowest BCUT2D eigenvalue weighted by Crippen LogP contribution is -2.51. The lowest BCUT2D eigenvalue weighted by Gasteiger charge is -2.36. The second kappa shape index (κ2) is 5.62. The van der Waals surface area contributed by atoms with Gasteiger partial charge in [-0.3, -0.25) is 9.59 Å². The summed E-state index contributed by atoms with van der Waals surface area (Å²) < 4.78 is 0. The average molecular weight is 327 g/mol. The number of aromatic hydroxyl groups is 1. The molecular formula is C17H17NO4Si. The summed E-state index contributed by atoms with van der Waals surface area (Å²) in [5, 5.41) is 20.7. The van der Waals surface area contributed by atoms with Gasteiger partial charge in [0.2, 0.25) is 0 Å². The smallest absolute Gasteiger partial charge is 0.303 e. The Morgan fingerprint density at radius 3 is 2.83 bits per heavy atom. The number of fused-ring (bicyclic) bond motifs is 2.